The number of hydrogen-bond acceptors (Lipinski definition) is 4. The van der Waals surface area contributed by atoms with Gasteiger partial charge in [0, 0.05) is 30.2 Å². The van der Waals surface area contributed by atoms with Crippen LogP contribution in [0.3, 0.4) is 0 Å². The van der Waals surface area contributed by atoms with Crippen molar-refractivity contribution in [2.45, 2.75) is 19.9 Å². The first kappa shape index (κ1) is 13.8. The van der Waals surface area contributed by atoms with Gasteiger partial charge in [-0.1, -0.05) is 0 Å². The summed E-state index contributed by atoms with van der Waals surface area (Å²) in [6.07, 6.45) is 1.77. The van der Waals surface area contributed by atoms with Crippen molar-refractivity contribution >= 4 is 23.2 Å². The van der Waals surface area contributed by atoms with Crippen LogP contribution >= 0.6 is 11.3 Å². The number of nitrogens with one attached hydrogen (secondary N) is 2. The molecule has 2 aromatic heterocycles. The monoisotopic (exact) mass is 304 g/mol. The molecule has 3 heterocycles. The highest BCUT2D eigenvalue weighted by atomic mass is 32.1. The number of thiazole rings is 1. The average molecular weight is 304 g/mol. The predicted molar refractivity (Wildman–Crippen MR) is 80.1 cm³/mol. The van der Waals surface area contributed by atoms with Crippen LogP contribution in [0.2, 0.25) is 0 Å². The molecule has 1 unspecified atom stereocenters. The number of rotatable bonds is 2. The maximum absolute atomic E-state index is 12.5. The summed E-state index contributed by atoms with van der Waals surface area (Å²) in [4.78, 5) is 33.1. The molecule has 1 fully saturated rings. The van der Waals surface area contributed by atoms with Crippen molar-refractivity contribution in [2.24, 2.45) is 0 Å². The van der Waals surface area contributed by atoms with Gasteiger partial charge in [0.15, 0.2) is 0 Å². The highest BCUT2D eigenvalue weighted by Gasteiger charge is 2.30. The second-order valence-electron chi connectivity index (χ2n) is 5.02. The van der Waals surface area contributed by atoms with Crippen LogP contribution in [0.4, 0.5) is 0 Å². The SMILES string of the molecule is Cc1nc(-c2c[nH]c(C(=O)N3CCNC(=O)C3C)c2)cs1. The van der Waals surface area contributed by atoms with E-state index in [1.54, 1.807) is 35.4 Å². The number of carbonyl (C=O) groups excluding carboxylic acids is 2. The van der Waals surface area contributed by atoms with Crippen LogP contribution < -0.4 is 5.32 Å². The summed E-state index contributed by atoms with van der Waals surface area (Å²) in [6, 6.07) is 1.34. The summed E-state index contributed by atoms with van der Waals surface area (Å²) in [7, 11) is 0. The first-order valence-corrected chi connectivity index (χ1v) is 7.64. The Kier molecular flexibility index (Phi) is 3.50. The molecule has 2 amide bonds. The number of carbonyl (C=O) groups is 2. The normalized spacial score (nSPS) is 18.7. The molecule has 110 valence electrons. The zero-order valence-electron chi connectivity index (χ0n) is 11.8. The number of aromatic nitrogens is 2. The van der Waals surface area contributed by atoms with E-state index in [-0.39, 0.29) is 11.8 Å². The van der Waals surface area contributed by atoms with Crippen LogP contribution in [0.15, 0.2) is 17.6 Å². The van der Waals surface area contributed by atoms with Gasteiger partial charge in [-0.15, -0.1) is 11.3 Å². The molecule has 6 nitrogen and oxygen atoms in total. The van der Waals surface area contributed by atoms with E-state index in [0.29, 0.717) is 18.8 Å². The molecule has 2 aromatic rings. The Morgan fingerprint density at radius 1 is 1.52 bits per heavy atom. The van der Waals surface area contributed by atoms with Crippen LogP contribution in [-0.2, 0) is 4.79 Å². The first-order valence-electron chi connectivity index (χ1n) is 6.76. The van der Waals surface area contributed by atoms with Crippen LogP contribution in [0, 0.1) is 6.92 Å². The van der Waals surface area contributed by atoms with Gasteiger partial charge in [-0.25, -0.2) is 4.98 Å². The predicted octanol–water partition coefficient (Wildman–Crippen LogP) is 1.41. The summed E-state index contributed by atoms with van der Waals surface area (Å²) < 4.78 is 0. The van der Waals surface area contributed by atoms with Gasteiger partial charge in [0.1, 0.15) is 11.7 Å². The van der Waals surface area contributed by atoms with Gasteiger partial charge in [-0.2, -0.15) is 0 Å². The molecule has 0 spiro atoms. The third kappa shape index (κ3) is 2.56. The van der Waals surface area contributed by atoms with E-state index in [9.17, 15) is 9.59 Å². The molecule has 3 rings (SSSR count). The second kappa shape index (κ2) is 5.33. The fourth-order valence-corrected chi connectivity index (χ4v) is 3.00. The molecule has 21 heavy (non-hydrogen) atoms. The van der Waals surface area contributed by atoms with E-state index in [0.717, 1.165) is 16.3 Å². The Morgan fingerprint density at radius 3 is 3.05 bits per heavy atom. The Hall–Kier alpha value is -2.15. The maximum Gasteiger partial charge on any atom is 0.271 e. The number of aromatic amines is 1. The van der Waals surface area contributed by atoms with Crippen LogP contribution in [0.1, 0.15) is 22.4 Å². The fourth-order valence-electron chi connectivity index (χ4n) is 2.38. The van der Waals surface area contributed by atoms with Gasteiger partial charge in [-0.3, -0.25) is 9.59 Å². The van der Waals surface area contributed by atoms with Gasteiger partial charge in [0.05, 0.1) is 10.7 Å². The van der Waals surface area contributed by atoms with E-state index in [4.69, 9.17) is 0 Å². The summed E-state index contributed by atoms with van der Waals surface area (Å²) >= 11 is 1.57. The summed E-state index contributed by atoms with van der Waals surface area (Å²) in [5.41, 5.74) is 2.23. The van der Waals surface area contributed by atoms with E-state index in [1.807, 2.05) is 12.3 Å². The Labute approximate surface area is 126 Å². The number of piperazine rings is 1. The molecule has 0 radical (unpaired) electrons. The standard InChI is InChI=1S/C14H16N4O2S/c1-8-13(19)15-3-4-18(8)14(20)11-5-10(6-16-11)12-7-21-9(2)17-12/h5-8,16H,3-4H2,1-2H3,(H,15,19). The number of H-pyrrole nitrogens is 1. The summed E-state index contributed by atoms with van der Waals surface area (Å²) in [5.74, 6) is -0.271. The summed E-state index contributed by atoms with van der Waals surface area (Å²) in [6.45, 7) is 4.70. The number of aryl methyl sites for hydroxylation is 1. The molecule has 0 bridgehead atoms. The van der Waals surface area contributed by atoms with Crippen molar-refractivity contribution in [3.8, 4) is 11.3 Å². The van der Waals surface area contributed by atoms with Crippen LogP contribution in [0.25, 0.3) is 11.3 Å². The van der Waals surface area contributed by atoms with Crippen molar-refractivity contribution < 1.29 is 9.59 Å². The van der Waals surface area contributed by atoms with E-state index < -0.39 is 6.04 Å². The minimum absolute atomic E-state index is 0.114. The lowest BCUT2D eigenvalue weighted by molar-refractivity contribution is -0.127. The lowest BCUT2D eigenvalue weighted by Crippen LogP contribution is -2.55. The molecular formula is C14H16N4O2S. The molecule has 7 heteroatoms. The quantitative estimate of drug-likeness (QED) is 0.880. The molecule has 1 aliphatic rings. The number of nitrogens with zero attached hydrogens (tertiary/aromatic N) is 2. The Bertz CT molecular complexity index is 691. The highest BCUT2D eigenvalue weighted by Crippen LogP contribution is 2.23. The highest BCUT2D eigenvalue weighted by molar-refractivity contribution is 7.09. The van der Waals surface area contributed by atoms with Gasteiger partial charge in [0.25, 0.3) is 5.91 Å². The molecule has 1 saturated heterocycles. The maximum atomic E-state index is 12.5. The van der Waals surface area contributed by atoms with E-state index >= 15 is 0 Å². The molecule has 1 atom stereocenters. The Balaban J connectivity index is 1.82. The van der Waals surface area contributed by atoms with Gasteiger partial charge < -0.3 is 15.2 Å². The fraction of sp³-hybridized carbons (Fsp3) is 0.357. The Morgan fingerprint density at radius 2 is 2.33 bits per heavy atom. The lowest BCUT2D eigenvalue weighted by atomic mass is 10.2. The van der Waals surface area contributed by atoms with Crippen molar-refractivity contribution in [1.29, 1.82) is 0 Å². The molecule has 0 aromatic carbocycles. The molecule has 2 N–H and O–H groups in total. The minimum atomic E-state index is -0.445. The first-order chi connectivity index (χ1) is 10.1. The second-order valence-corrected chi connectivity index (χ2v) is 6.08. The van der Waals surface area contributed by atoms with Crippen molar-refractivity contribution in [3.63, 3.8) is 0 Å². The third-order valence-electron chi connectivity index (χ3n) is 3.59. The van der Waals surface area contributed by atoms with Crippen molar-refractivity contribution in [3.05, 3.63) is 28.3 Å². The zero-order chi connectivity index (χ0) is 15.0. The van der Waals surface area contributed by atoms with E-state index in [2.05, 4.69) is 15.3 Å². The van der Waals surface area contributed by atoms with Crippen molar-refractivity contribution in [1.82, 2.24) is 20.2 Å². The smallest absolute Gasteiger partial charge is 0.271 e. The zero-order valence-corrected chi connectivity index (χ0v) is 12.7. The molecule has 1 aliphatic heterocycles. The number of amides is 2. The lowest BCUT2D eigenvalue weighted by Gasteiger charge is -2.32. The minimum Gasteiger partial charge on any atom is -0.357 e. The van der Waals surface area contributed by atoms with Gasteiger partial charge in [-0.05, 0) is 19.9 Å². The van der Waals surface area contributed by atoms with Gasteiger partial charge >= 0.3 is 0 Å². The van der Waals surface area contributed by atoms with Crippen LogP contribution in [-0.4, -0.2) is 45.8 Å². The molecule has 0 saturated carbocycles. The average Bonchev–Trinajstić information content (AvgIpc) is 3.09. The molecule has 0 aliphatic carbocycles. The van der Waals surface area contributed by atoms with Gasteiger partial charge in [0.2, 0.25) is 5.91 Å². The van der Waals surface area contributed by atoms with Crippen molar-refractivity contribution in [2.75, 3.05) is 13.1 Å². The van der Waals surface area contributed by atoms with Crippen LogP contribution in [0.5, 0.6) is 0 Å². The number of hydrogen-bond donors (Lipinski definition) is 2. The largest absolute Gasteiger partial charge is 0.357 e. The topological polar surface area (TPSA) is 78.1 Å². The van der Waals surface area contributed by atoms with E-state index in [1.165, 1.54) is 0 Å². The molecular weight excluding hydrogens is 288 g/mol. The third-order valence-corrected chi connectivity index (χ3v) is 4.36. The summed E-state index contributed by atoms with van der Waals surface area (Å²) in [5, 5.41) is 5.70.